The van der Waals surface area contributed by atoms with Crippen molar-refractivity contribution in [3.63, 3.8) is 0 Å². The summed E-state index contributed by atoms with van der Waals surface area (Å²) in [7, 11) is 2.96. The lowest BCUT2D eigenvalue weighted by Crippen LogP contribution is -2.27. The van der Waals surface area contributed by atoms with Gasteiger partial charge in [0.05, 0.1) is 13.5 Å². The van der Waals surface area contributed by atoms with Gasteiger partial charge < -0.3 is 9.64 Å². The lowest BCUT2D eigenvalue weighted by atomic mass is 10.2. The van der Waals surface area contributed by atoms with Crippen LogP contribution in [-0.4, -0.2) is 42.5 Å². The maximum Gasteiger partial charge on any atom is 0.307 e. The minimum absolute atomic E-state index is 0.164. The molecule has 18 heavy (non-hydrogen) atoms. The fourth-order valence-electron chi connectivity index (χ4n) is 1.24. The minimum atomic E-state index is -0.328. The van der Waals surface area contributed by atoms with Gasteiger partial charge >= 0.3 is 5.97 Å². The lowest BCUT2D eigenvalue weighted by Gasteiger charge is -2.13. The normalized spacial score (nSPS) is 10.3. The number of rotatable bonds is 5. The zero-order chi connectivity index (χ0) is 13.4. The summed E-state index contributed by atoms with van der Waals surface area (Å²) in [6.45, 7) is 0.336. The zero-order valence-corrected chi connectivity index (χ0v) is 10.5. The maximum atomic E-state index is 11.7. The van der Waals surface area contributed by atoms with Crippen LogP contribution in [0.25, 0.3) is 6.08 Å². The average molecular weight is 248 g/mol. The second kappa shape index (κ2) is 7.21. The number of esters is 1. The van der Waals surface area contributed by atoms with E-state index in [2.05, 4.69) is 9.72 Å². The number of hydrogen-bond donors (Lipinski definition) is 0. The van der Waals surface area contributed by atoms with Crippen LogP contribution in [-0.2, 0) is 14.3 Å². The highest BCUT2D eigenvalue weighted by molar-refractivity contribution is 5.91. The summed E-state index contributed by atoms with van der Waals surface area (Å²) < 4.78 is 4.51. The van der Waals surface area contributed by atoms with Crippen molar-refractivity contribution in [2.24, 2.45) is 0 Å². The van der Waals surface area contributed by atoms with Crippen LogP contribution in [0.5, 0.6) is 0 Å². The second-order valence-corrected chi connectivity index (χ2v) is 3.71. The fraction of sp³-hybridized carbons (Fsp3) is 0.308. The Morgan fingerprint density at radius 2 is 2.28 bits per heavy atom. The van der Waals surface area contributed by atoms with Crippen LogP contribution in [0.2, 0.25) is 0 Å². The number of pyridine rings is 1. The highest BCUT2D eigenvalue weighted by Crippen LogP contribution is 2.00. The van der Waals surface area contributed by atoms with Crippen molar-refractivity contribution in [1.29, 1.82) is 0 Å². The number of likely N-dealkylation sites (N-methyl/N-ethyl adjacent to an activating group) is 1. The predicted octanol–water partition coefficient (Wildman–Crippen LogP) is 1.12. The molecular weight excluding hydrogens is 232 g/mol. The van der Waals surface area contributed by atoms with Gasteiger partial charge in [-0.25, -0.2) is 0 Å². The van der Waals surface area contributed by atoms with Crippen molar-refractivity contribution < 1.29 is 14.3 Å². The molecule has 1 heterocycles. The quantitative estimate of drug-likeness (QED) is 0.578. The van der Waals surface area contributed by atoms with Crippen LogP contribution in [0, 0.1) is 0 Å². The van der Waals surface area contributed by atoms with E-state index < -0.39 is 0 Å². The molecule has 0 spiro atoms. The number of methoxy groups -OCH3 is 1. The molecule has 0 aliphatic rings. The Morgan fingerprint density at radius 1 is 1.50 bits per heavy atom. The average Bonchev–Trinajstić information content (AvgIpc) is 2.42. The molecule has 0 saturated heterocycles. The Balaban J connectivity index is 2.45. The first kappa shape index (κ1) is 13.9. The van der Waals surface area contributed by atoms with E-state index in [9.17, 15) is 9.59 Å². The summed E-state index contributed by atoms with van der Waals surface area (Å²) in [6.07, 6.45) is 6.66. The van der Waals surface area contributed by atoms with Crippen LogP contribution < -0.4 is 0 Å². The number of aromatic nitrogens is 1. The summed E-state index contributed by atoms with van der Waals surface area (Å²) in [5.41, 5.74) is 0.854. The van der Waals surface area contributed by atoms with E-state index >= 15 is 0 Å². The molecule has 0 atom stereocenters. The molecule has 96 valence electrons. The molecule has 0 N–H and O–H groups in total. The van der Waals surface area contributed by atoms with E-state index in [1.807, 2.05) is 6.07 Å². The van der Waals surface area contributed by atoms with Gasteiger partial charge in [-0.15, -0.1) is 0 Å². The highest BCUT2D eigenvalue weighted by Gasteiger charge is 2.07. The monoisotopic (exact) mass is 248 g/mol. The third kappa shape index (κ3) is 4.78. The van der Waals surface area contributed by atoms with Crippen LogP contribution in [0.1, 0.15) is 12.0 Å². The molecule has 0 aliphatic carbocycles. The van der Waals surface area contributed by atoms with Gasteiger partial charge in [0.25, 0.3) is 0 Å². The van der Waals surface area contributed by atoms with Gasteiger partial charge in [-0.2, -0.15) is 0 Å². The molecule has 5 heteroatoms. The first-order chi connectivity index (χ1) is 8.63. The van der Waals surface area contributed by atoms with E-state index in [0.717, 1.165) is 5.56 Å². The molecule has 0 fully saturated rings. The Hall–Kier alpha value is -2.17. The van der Waals surface area contributed by atoms with Crippen molar-refractivity contribution in [2.45, 2.75) is 6.42 Å². The summed E-state index contributed by atoms with van der Waals surface area (Å²) in [5.74, 6) is -0.492. The topological polar surface area (TPSA) is 59.5 Å². The van der Waals surface area contributed by atoms with E-state index in [1.54, 1.807) is 31.6 Å². The number of carbonyl (C=O) groups excluding carboxylic acids is 2. The maximum absolute atomic E-state index is 11.7. The predicted molar refractivity (Wildman–Crippen MR) is 67.5 cm³/mol. The number of hydrogen-bond acceptors (Lipinski definition) is 4. The molecule has 0 bridgehead atoms. The summed E-state index contributed by atoms with van der Waals surface area (Å²) in [6, 6.07) is 3.65. The number of amides is 1. The Morgan fingerprint density at radius 3 is 2.89 bits per heavy atom. The molecule has 0 saturated carbocycles. The van der Waals surface area contributed by atoms with Crippen molar-refractivity contribution in [3.05, 3.63) is 36.2 Å². The zero-order valence-electron chi connectivity index (χ0n) is 10.5. The SMILES string of the molecule is COC(=O)CCN(C)C(=O)C=Cc1cccnc1. The van der Waals surface area contributed by atoms with E-state index in [1.165, 1.54) is 18.1 Å². The van der Waals surface area contributed by atoms with E-state index in [-0.39, 0.29) is 18.3 Å². The highest BCUT2D eigenvalue weighted by atomic mass is 16.5. The molecule has 0 unspecified atom stereocenters. The Labute approximate surface area is 106 Å². The first-order valence-electron chi connectivity index (χ1n) is 5.53. The summed E-state index contributed by atoms with van der Waals surface area (Å²) in [4.78, 5) is 28.0. The third-order valence-corrected chi connectivity index (χ3v) is 2.36. The number of nitrogens with zero attached hydrogens (tertiary/aromatic N) is 2. The van der Waals surface area contributed by atoms with Crippen molar-refractivity contribution in [1.82, 2.24) is 9.88 Å². The summed E-state index contributed by atoms with van der Waals surface area (Å²) in [5, 5.41) is 0. The van der Waals surface area contributed by atoms with Gasteiger partial charge in [-0.1, -0.05) is 6.07 Å². The second-order valence-electron chi connectivity index (χ2n) is 3.71. The Bertz CT molecular complexity index is 429. The molecule has 0 aliphatic heterocycles. The smallest absolute Gasteiger partial charge is 0.307 e. The molecule has 0 aromatic carbocycles. The van der Waals surface area contributed by atoms with Crippen molar-refractivity contribution in [2.75, 3.05) is 20.7 Å². The lowest BCUT2D eigenvalue weighted by molar-refractivity contribution is -0.141. The molecule has 1 amide bonds. The summed E-state index contributed by atoms with van der Waals surface area (Å²) >= 11 is 0. The third-order valence-electron chi connectivity index (χ3n) is 2.36. The molecule has 1 aromatic rings. The van der Waals surface area contributed by atoms with E-state index in [0.29, 0.717) is 6.54 Å². The Kier molecular flexibility index (Phi) is 5.57. The first-order valence-corrected chi connectivity index (χ1v) is 5.53. The van der Waals surface area contributed by atoms with Gasteiger partial charge in [-0.05, 0) is 17.7 Å². The van der Waals surface area contributed by atoms with Gasteiger partial charge in [0.15, 0.2) is 0 Å². The number of ether oxygens (including phenoxy) is 1. The van der Waals surface area contributed by atoms with Crippen molar-refractivity contribution >= 4 is 18.0 Å². The molecule has 1 rings (SSSR count). The van der Waals surface area contributed by atoms with Gasteiger partial charge in [-0.3, -0.25) is 14.6 Å². The van der Waals surface area contributed by atoms with Crippen LogP contribution in [0.15, 0.2) is 30.6 Å². The van der Waals surface area contributed by atoms with E-state index in [4.69, 9.17) is 0 Å². The van der Waals surface area contributed by atoms with Gasteiger partial charge in [0, 0.05) is 32.1 Å². The van der Waals surface area contributed by atoms with Crippen LogP contribution in [0.3, 0.4) is 0 Å². The van der Waals surface area contributed by atoms with Crippen molar-refractivity contribution in [3.8, 4) is 0 Å². The molecule has 0 radical (unpaired) electrons. The van der Waals surface area contributed by atoms with Gasteiger partial charge in [0.1, 0.15) is 0 Å². The van der Waals surface area contributed by atoms with Crippen LogP contribution in [0.4, 0.5) is 0 Å². The standard InChI is InChI=1S/C13H16N2O3/c1-15(9-7-13(17)18-2)12(16)6-5-11-4-3-8-14-10-11/h3-6,8,10H,7,9H2,1-2H3. The molecular formula is C13H16N2O3. The molecule has 1 aromatic heterocycles. The van der Waals surface area contributed by atoms with Crippen LogP contribution >= 0.6 is 0 Å². The molecule has 5 nitrogen and oxygen atoms in total. The fourth-order valence-corrected chi connectivity index (χ4v) is 1.24. The van der Waals surface area contributed by atoms with Gasteiger partial charge in [0.2, 0.25) is 5.91 Å². The number of carbonyl (C=O) groups is 2. The minimum Gasteiger partial charge on any atom is -0.469 e. The largest absolute Gasteiger partial charge is 0.469 e.